The third-order valence-corrected chi connectivity index (χ3v) is 4.80. The van der Waals surface area contributed by atoms with Crippen molar-refractivity contribution in [1.82, 2.24) is 9.88 Å². The minimum Gasteiger partial charge on any atom is -0.423 e. The molecule has 0 amide bonds. The fourth-order valence-corrected chi connectivity index (χ4v) is 3.58. The van der Waals surface area contributed by atoms with Gasteiger partial charge >= 0.3 is 0 Å². The Balaban J connectivity index is 1.41. The van der Waals surface area contributed by atoms with Crippen LogP contribution in [-0.2, 0) is 6.54 Å². The topological polar surface area (TPSA) is 52.7 Å². The van der Waals surface area contributed by atoms with E-state index in [9.17, 15) is 5.11 Å². The molecule has 25 heavy (non-hydrogen) atoms. The van der Waals surface area contributed by atoms with Crippen LogP contribution < -0.4 is 4.90 Å². The molecule has 1 N–H and O–H groups in total. The van der Waals surface area contributed by atoms with Gasteiger partial charge in [0.05, 0.1) is 12.1 Å². The third kappa shape index (κ3) is 3.52. The molecule has 130 valence electrons. The lowest BCUT2D eigenvalue weighted by atomic mass is 10.0. The summed E-state index contributed by atoms with van der Waals surface area (Å²) < 4.78 is 5.80. The summed E-state index contributed by atoms with van der Waals surface area (Å²) in [5, 5.41) is 11.0. The number of aliphatic hydroxyl groups is 1. The molecule has 0 aliphatic carbocycles. The fraction of sp³-hybridized carbons (Fsp3) is 0.350. The second kappa shape index (κ2) is 6.50. The van der Waals surface area contributed by atoms with Gasteiger partial charge in [-0.05, 0) is 24.1 Å². The van der Waals surface area contributed by atoms with Crippen LogP contribution >= 0.6 is 0 Å². The fourth-order valence-electron chi connectivity index (χ4n) is 3.58. The number of fused-ring (bicyclic) bond motifs is 1. The van der Waals surface area contributed by atoms with Crippen molar-refractivity contribution in [2.75, 3.05) is 31.6 Å². The van der Waals surface area contributed by atoms with Crippen LogP contribution in [0, 0.1) is 0 Å². The summed E-state index contributed by atoms with van der Waals surface area (Å²) in [7, 11) is 1.92. The lowest BCUT2D eigenvalue weighted by molar-refractivity contribution is 0.0554. The number of nitrogens with zero attached hydrogens (tertiary/aromatic N) is 3. The standard InChI is InChI=1S/C20H23N3O2/c1-22(19-21-17-9-5-6-10-18(17)25-19)14-20(24)11-12-23(15-20)13-16-7-3-2-4-8-16/h2-10,24H,11-15H2,1H3. The van der Waals surface area contributed by atoms with Crippen molar-refractivity contribution in [1.29, 1.82) is 0 Å². The van der Waals surface area contributed by atoms with Crippen molar-refractivity contribution >= 4 is 17.1 Å². The lowest BCUT2D eigenvalue weighted by Crippen LogP contribution is -2.44. The second-order valence-corrected chi connectivity index (χ2v) is 6.99. The Bertz CT molecular complexity index is 815. The number of β-amino-alcohol motifs (C(OH)–C–C–N with tert-alkyl or cyclic N) is 1. The summed E-state index contributed by atoms with van der Waals surface area (Å²) in [6, 6.07) is 18.7. The Labute approximate surface area is 147 Å². The largest absolute Gasteiger partial charge is 0.423 e. The van der Waals surface area contributed by atoms with Crippen LogP contribution in [0.25, 0.3) is 11.1 Å². The number of aromatic nitrogens is 1. The van der Waals surface area contributed by atoms with Gasteiger partial charge in [-0.2, -0.15) is 4.98 Å². The van der Waals surface area contributed by atoms with Crippen LogP contribution in [0.15, 0.2) is 59.0 Å². The minimum atomic E-state index is -0.746. The zero-order valence-corrected chi connectivity index (χ0v) is 14.4. The molecular formula is C20H23N3O2. The first kappa shape index (κ1) is 16.1. The van der Waals surface area contributed by atoms with Gasteiger partial charge in [-0.1, -0.05) is 42.5 Å². The quantitative estimate of drug-likeness (QED) is 0.776. The highest BCUT2D eigenvalue weighted by molar-refractivity contribution is 5.74. The van der Waals surface area contributed by atoms with Gasteiger partial charge in [0.15, 0.2) is 5.58 Å². The molecule has 1 aromatic heterocycles. The molecule has 4 rings (SSSR count). The first-order valence-electron chi connectivity index (χ1n) is 8.67. The van der Waals surface area contributed by atoms with E-state index in [4.69, 9.17) is 4.42 Å². The van der Waals surface area contributed by atoms with Crippen molar-refractivity contribution in [3.8, 4) is 0 Å². The Hall–Kier alpha value is -2.37. The second-order valence-electron chi connectivity index (χ2n) is 6.99. The Kier molecular flexibility index (Phi) is 4.19. The monoisotopic (exact) mass is 337 g/mol. The highest BCUT2D eigenvalue weighted by atomic mass is 16.4. The third-order valence-electron chi connectivity index (χ3n) is 4.80. The van der Waals surface area contributed by atoms with E-state index in [1.54, 1.807) is 0 Å². The molecule has 2 aromatic carbocycles. The van der Waals surface area contributed by atoms with Gasteiger partial charge in [0, 0.05) is 26.7 Å². The van der Waals surface area contributed by atoms with E-state index >= 15 is 0 Å². The maximum Gasteiger partial charge on any atom is 0.298 e. The summed E-state index contributed by atoms with van der Waals surface area (Å²) in [6.45, 7) is 2.93. The van der Waals surface area contributed by atoms with Crippen LogP contribution in [0.2, 0.25) is 0 Å². The number of para-hydroxylation sites is 2. The number of oxazole rings is 1. The number of hydrogen-bond acceptors (Lipinski definition) is 5. The molecule has 0 saturated carbocycles. The Morgan fingerprint density at radius 1 is 1.16 bits per heavy atom. The smallest absolute Gasteiger partial charge is 0.298 e. The number of rotatable bonds is 5. The number of anilines is 1. The average Bonchev–Trinajstić information content (AvgIpc) is 3.19. The SMILES string of the molecule is CN(CC1(O)CCN(Cc2ccccc2)C1)c1nc2ccccc2o1. The normalized spacial score (nSPS) is 21.0. The van der Waals surface area contributed by atoms with E-state index in [-0.39, 0.29) is 0 Å². The van der Waals surface area contributed by atoms with E-state index in [2.05, 4.69) is 34.1 Å². The Morgan fingerprint density at radius 2 is 1.92 bits per heavy atom. The molecule has 5 nitrogen and oxygen atoms in total. The molecule has 1 aliphatic heterocycles. The van der Waals surface area contributed by atoms with Gasteiger partial charge in [-0.3, -0.25) is 4.90 Å². The average molecular weight is 337 g/mol. The molecule has 1 saturated heterocycles. The van der Waals surface area contributed by atoms with Gasteiger partial charge in [-0.15, -0.1) is 0 Å². The molecule has 1 atom stereocenters. The van der Waals surface area contributed by atoms with Gasteiger partial charge in [0.2, 0.25) is 0 Å². The van der Waals surface area contributed by atoms with Crippen LogP contribution in [-0.4, -0.2) is 47.3 Å². The highest BCUT2D eigenvalue weighted by Gasteiger charge is 2.37. The molecule has 0 spiro atoms. The van der Waals surface area contributed by atoms with Crippen molar-refractivity contribution in [3.63, 3.8) is 0 Å². The van der Waals surface area contributed by atoms with E-state index < -0.39 is 5.60 Å². The molecule has 1 fully saturated rings. The molecule has 1 aliphatic rings. The number of likely N-dealkylation sites (N-methyl/N-ethyl adjacent to an activating group) is 1. The predicted molar refractivity (Wildman–Crippen MR) is 98.6 cm³/mol. The molecule has 0 bridgehead atoms. The summed E-state index contributed by atoms with van der Waals surface area (Å²) in [5.74, 6) is 0. The van der Waals surface area contributed by atoms with Gasteiger partial charge < -0.3 is 14.4 Å². The summed E-state index contributed by atoms with van der Waals surface area (Å²) >= 11 is 0. The van der Waals surface area contributed by atoms with E-state index in [1.165, 1.54) is 5.56 Å². The van der Waals surface area contributed by atoms with E-state index in [0.29, 0.717) is 19.1 Å². The maximum absolute atomic E-state index is 11.0. The summed E-state index contributed by atoms with van der Waals surface area (Å²) in [6.07, 6.45) is 0.754. The van der Waals surface area contributed by atoms with Crippen LogP contribution in [0.3, 0.4) is 0 Å². The zero-order valence-electron chi connectivity index (χ0n) is 14.4. The minimum absolute atomic E-state index is 0.505. The molecular weight excluding hydrogens is 314 g/mol. The summed E-state index contributed by atoms with van der Waals surface area (Å²) in [4.78, 5) is 8.72. The summed E-state index contributed by atoms with van der Waals surface area (Å²) in [5.41, 5.74) is 2.14. The van der Waals surface area contributed by atoms with Crippen molar-refractivity contribution < 1.29 is 9.52 Å². The van der Waals surface area contributed by atoms with E-state index in [1.807, 2.05) is 42.3 Å². The zero-order chi connectivity index (χ0) is 17.3. The maximum atomic E-state index is 11.0. The van der Waals surface area contributed by atoms with E-state index in [0.717, 1.165) is 30.6 Å². The van der Waals surface area contributed by atoms with Crippen LogP contribution in [0.5, 0.6) is 0 Å². The lowest BCUT2D eigenvalue weighted by Gasteiger charge is -2.28. The molecule has 3 aromatic rings. The predicted octanol–water partition coefficient (Wildman–Crippen LogP) is 2.90. The molecule has 5 heteroatoms. The van der Waals surface area contributed by atoms with Crippen molar-refractivity contribution in [2.24, 2.45) is 0 Å². The van der Waals surface area contributed by atoms with Gasteiger partial charge in [0.25, 0.3) is 6.01 Å². The number of benzene rings is 2. The van der Waals surface area contributed by atoms with Crippen molar-refractivity contribution in [3.05, 3.63) is 60.2 Å². The van der Waals surface area contributed by atoms with Crippen LogP contribution in [0.4, 0.5) is 6.01 Å². The first-order chi connectivity index (χ1) is 12.1. The Morgan fingerprint density at radius 3 is 2.72 bits per heavy atom. The highest BCUT2D eigenvalue weighted by Crippen LogP contribution is 2.27. The van der Waals surface area contributed by atoms with Crippen molar-refractivity contribution in [2.45, 2.75) is 18.6 Å². The molecule has 0 radical (unpaired) electrons. The molecule has 2 heterocycles. The molecule has 1 unspecified atom stereocenters. The van der Waals surface area contributed by atoms with Crippen LogP contribution in [0.1, 0.15) is 12.0 Å². The first-order valence-corrected chi connectivity index (χ1v) is 8.67. The number of hydrogen-bond donors (Lipinski definition) is 1. The number of likely N-dealkylation sites (tertiary alicyclic amines) is 1. The van der Waals surface area contributed by atoms with Gasteiger partial charge in [-0.25, -0.2) is 0 Å². The van der Waals surface area contributed by atoms with Gasteiger partial charge in [0.1, 0.15) is 5.52 Å².